The Morgan fingerprint density at radius 1 is 1.20 bits per heavy atom. The average Bonchev–Trinajstić information content (AvgIpc) is 2.44. The molecule has 1 amide bonds. The number of hydrogen-bond donors (Lipinski definition) is 2. The third-order valence-electron chi connectivity index (χ3n) is 2.70. The molecule has 1 aromatic heterocycles. The zero-order chi connectivity index (χ0) is 14.5. The first-order valence-corrected chi connectivity index (χ1v) is 6.63. The van der Waals surface area contributed by atoms with Gasteiger partial charge in [0.1, 0.15) is 0 Å². The van der Waals surface area contributed by atoms with Crippen LogP contribution in [0.1, 0.15) is 18.9 Å². The highest BCUT2D eigenvalue weighted by Gasteiger charge is 2.03. The van der Waals surface area contributed by atoms with Crippen LogP contribution in [0.15, 0.2) is 30.3 Å². The van der Waals surface area contributed by atoms with Crippen LogP contribution in [-0.4, -0.2) is 16.1 Å². The van der Waals surface area contributed by atoms with E-state index in [0.717, 1.165) is 11.3 Å². The van der Waals surface area contributed by atoms with Crippen molar-refractivity contribution in [2.75, 3.05) is 10.6 Å². The second kappa shape index (κ2) is 6.34. The van der Waals surface area contributed by atoms with Gasteiger partial charge in [-0.05, 0) is 42.8 Å². The maximum Gasteiger partial charge on any atom is 0.225 e. The van der Waals surface area contributed by atoms with E-state index in [1.807, 2.05) is 19.1 Å². The van der Waals surface area contributed by atoms with E-state index in [-0.39, 0.29) is 5.91 Å². The van der Waals surface area contributed by atoms with Crippen molar-refractivity contribution in [3.8, 4) is 0 Å². The lowest BCUT2D eigenvalue weighted by Crippen LogP contribution is -2.11. The van der Waals surface area contributed by atoms with Gasteiger partial charge in [-0.3, -0.25) is 4.79 Å². The van der Waals surface area contributed by atoms with Crippen LogP contribution in [0.5, 0.6) is 0 Å². The average molecular weight is 291 g/mol. The van der Waals surface area contributed by atoms with Crippen molar-refractivity contribution in [2.24, 2.45) is 0 Å². The first kappa shape index (κ1) is 14.3. The molecule has 0 spiro atoms. The first-order valence-electron chi connectivity index (χ1n) is 6.25. The molecule has 0 atom stereocenters. The summed E-state index contributed by atoms with van der Waals surface area (Å²) in [4.78, 5) is 11.2. The van der Waals surface area contributed by atoms with Gasteiger partial charge in [0, 0.05) is 17.1 Å². The number of rotatable bonds is 4. The number of amides is 1. The number of nitrogens with zero attached hydrogens (tertiary/aromatic N) is 2. The van der Waals surface area contributed by atoms with Crippen LogP contribution in [0.25, 0.3) is 0 Å². The standard InChI is InChI=1S/C14H15ClN4O/c1-3-14(20)17-13-7-6-12(18-19-13)16-11-5-4-10(15)8-9(11)2/h4-8H,3H2,1-2H3,(H,16,18)(H,17,19,20). The Balaban J connectivity index is 2.08. The lowest BCUT2D eigenvalue weighted by molar-refractivity contribution is -0.115. The number of aryl methyl sites for hydroxylation is 1. The van der Waals surface area contributed by atoms with E-state index in [9.17, 15) is 4.79 Å². The molecule has 0 unspecified atom stereocenters. The minimum atomic E-state index is -0.0893. The Morgan fingerprint density at radius 2 is 1.90 bits per heavy atom. The Labute approximate surface area is 122 Å². The minimum absolute atomic E-state index is 0.0893. The topological polar surface area (TPSA) is 66.9 Å². The molecule has 1 aromatic carbocycles. The maximum atomic E-state index is 11.2. The van der Waals surface area contributed by atoms with Gasteiger partial charge < -0.3 is 10.6 Å². The number of nitrogens with one attached hydrogen (secondary N) is 2. The maximum absolute atomic E-state index is 11.2. The summed E-state index contributed by atoms with van der Waals surface area (Å²) in [6.45, 7) is 3.74. The molecule has 2 N–H and O–H groups in total. The number of carbonyl (C=O) groups is 1. The van der Waals surface area contributed by atoms with Crippen molar-refractivity contribution in [3.63, 3.8) is 0 Å². The number of anilines is 3. The summed E-state index contributed by atoms with van der Waals surface area (Å²) in [6.07, 6.45) is 0.408. The SMILES string of the molecule is CCC(=O)Nc1ccc(Nc2ccc(Cl)cc2C)nn1. The molecule has 0 bridgehead atoms. The monoisotopic (exact) mass is 290 g/mol. The summed E-state index contributed by atoms with van der Waals surface area (Å²) in [7, 11) is 0. The number of hydrogen-bond acceptors (Lipinski definition) is 4. The second-order valence-corrected chi connectivity index (χ2v) is 4.73. The zero-order valence-corrected chi connectivity index (χ0v) is 12.0. The van der Waals surface area contributed by atoms with Crippen LogP contribution in [0.3, 0.4) is 0 Å². The fourth-order valence-corrected chi connectivity index (χ4v) is 1.83. The van der Waals surface area contributed by atoms with Crippen LogP contribution in [0, 0.1) is 6.92 Å². The Kier molecular flexibility index (Phi) is 4.53. The molecule has 0 radical (unpaired) electrons. The van der Waals surface area contributed by atoms with E-state index >= 15 is 0 Å². The van der Waals surface area contributed by atoms with E-state index in [1.165, 1.54) is 0 Å². The summed E-state index contributed by atoms with van der Waals surface area (Å²) in [5.74, 6) is 0.953. The molecule has 0 saturated carbocycles. The molecule has 0 aliphatic heterocycles. The second-order valence-electron chi connectivity index (χ2n) is 4.29. The van der Waals surface area contributed by atoms with Crippen LogP contribution in [-0.2, 0) is 4.79 Å². The van der Waals surface area contributed by atoms with Crippen molar-refractivity contribution in [1.82, 2.24) is 10.2 Å². The van der Waals surface area contributed by atoms with E-state index < -0.39 is 0 Å². The van der Waals surface area contributed by atoms with Crippen LogP contribution in [0.2, 0.25) is 5.02 Å². The van der Waals surface area contributed by atoms with Crippen molar-refractivity contribution in [2.45, 2.75) is 20.3 Å². The molecule has 2 aromatic rings. The highest BCUT2D eigenvalue weighted by atomic mass is 35.5. The molecule has 20 heavy (non-hydrogen) atoms. The van der Waals surface area contributed by atoms with Crippen molar-refractivity contribution < 1.29 is 4.79 Å². The van der Waals surface area contributed by atoms with Gasteiger partial charge in [0.15, 0.2) is 11.6 Å². The molecule has 2 rings (SSSR count). The molecule has 0 fully saturated rings. The molecule has 6 heteroatoms. The van der Waals surface area contributed by atoms with Gasteiger partial charge in [0.05, 0.1) is 0 Å². The summed E-state index contributed by atoms with van der Waals surface area (Å²) in [5.41, 5.74) is 1.93. The largest absolute Gasteiger partial charge is 0.339 e. The van der Waals surface area contributed by atoms with Gasteiger partial charge in [-0.2, -0.15) is 0 Å². The Bertz CT molecular complexity index is 613. The summed E-state index contributed by atoms with van der Waals surface area (Å²) < 4.78 is 0. The molecule has 0 saturated heterocycles. The molecule has 5 nitrogen and oxygen atoms in total. The number of halogens is 1. The number of benzene rings is 1. The van der Waals surface area contributed by atoms with Gasteiger partial charge in [0.2, 0.25) is 5.91 Å². The molecular formula is C14H15ClN4O. The Morgan fingerprint density at radius 3 is 2.50 bits per heavy atom. The lowest BCUT2D eigenvalue weighted by Gasteiger charge is -2.09. The summed E-state index contributed by atoms with van der Waals surface area (Å²) in [5, 5.41) is 14.4. The first-order chi connectivity index (χ1) is 9.58. The van der Waals surface area contributed by atoms with E-state index in [2.05, 4.69) is 20.8 Å². The van der Waals surface area contributed by atoms with Gasteiger partial charge in [0.25, 0.3) is 0 Å². The predicted octanol–water partition coefficient (Wildman–Crippen LogP) is 3.53. The summed E-state index contributed by atoms with van der Waals surface area (Å²) >= 11 is 5.91. The number of aromatic nitrogens is 2. The smallest absolute Gasteiger partial charge is 0.225 e. The van der Waals surface area contributed by atoms with Gasteiger partial charge >= 0.3 is 0 Å². The van der Waals surface area contributed by atoms with Crippen LogP contribution < -0.4 is 10.6 Å². The van der Waals surface area contributed by atoms with Crippen molar-refractivity contribution in [1.29, 1.82) is 0 Å². The molecule has 0 aliphatic carbocycles. The number of carbonyl (C=O) groups excluding carboxylic acids is 1. The summed E-state index contributed by atoms with van der Waals surface area (Å²) in [6, 6.07) is 9.01. The Hall–Kier alpha value is -2.14. The van der Waals surface area contributed by atoms with Gasteiger partial charge in [-0.1, -0.05) is 18.5 Å². The fraction of sp³-hybridized carbons (Fsp3) is 0.214. The molecular weight excluding hydrogens is 276 g/mol. The van der Waals surface area contributed by atoms with Crippen LogP contribution >= 0.6 is 11.6 Å². The molecule has 0 aliphatic rings. The van der Waals surface area contributed by atoms with Crippen molar-refractivity contribution >= 4 is 34.8 Å². The minimum Gasteiger partial charge on any atom is -0.339 e. The quantitative estimate of drug-likeness (QED) is 0.904. The normalized spacial score (nSPS) is 10.2. The third kappa shape index (κ3) is 3.68. The zero-order valence-electron chi connectivity index (χ0n) is 11.3. The van der Waals surface area contributed by atoms with Gasteiger partial charge in [-0.15, -0.1) is 10.2 Å². The fourth-order valence-electron chi connectivity index (χ4n) is 1.60. The van der Waals surface area contributed by atoms with Gasteiger partial charge in [-0.25, -0.2) is 0 Å². The highest BCUT2D eigenvalue weighted by molar-refractivity contribution is 6.30. The van der Waals surface area contributed by atoms with Crippen LogP contribution in [0.4, 0.5) is 17.3 Å². The third-order valence-corrected chi connectivity index (χ3v) is 2.94. The predicted molar refractivity (Wildman–Crippen MR) is 80.4 cm³/mol. The van der Waals surface area contributed by atoms with E-state index in [4.69, 9.17) is 11.6 Å². The van der Waals surface area contributed by atoms with Crippen molar-refractivity contribution in [3.05, 3.63) is 40.9 Å². The molecule has 104 valence electrons. The lowest BCUT2D eigenvalue weighted by atomic mass is 10.2. The highest BCUT2D eigenvalue weighted by Crippen LogP contribution is 2.22. The molecule has 1 heterocycles. The van der Waals surface area contributed by atoms with E-state index in [1.54, 1.807) is 25.1 Å². The van der Waals surface area contributed by atoms with E-state index in [0.29, 0.717) is 23.1 Å².